The standard InChI is InChI=1S/C18H22ClNO/c1-12(2)21-16-7-5-6-14(10-16)15-8-9-17(13(3)20-4)18(19)11-15/h5-13,20H,1-4H3. The minimum absolute atomic E-state index is 0.169. The first-order chi connectivity index (χ1) is 10.0. The average molecular weight is 304 g/mol. The van der Waals surface area contributed by atoms with Gasteiger partial charge < -0.3 is 10.1 Å². The minimum Gasteiger partial charge on any atom is -0.491 e. The molecule has 1 N–H and O–H groups in total. The lowest BCUT2D eigenvalue weighted by Crippen LogP contribution is -2.12. The van der Waals surface area contributed by atoms with E-state index in [1.807, 2.05) is 45.2 Å². The van der Waals surface area contributed by atoms with Crippen LogP contribution in [0.2, 0.25) is 5.02 Å². The van der Waals surface area contributed by atoms with Crippen LogP contribution in [0.4, 0.5) is 0 Å². The number of hydrogen-bond acceptors (Lipinski definition) is 2. The summed E-state index contributed by atoms with van der Waals surface area (Å²) in [5.74, 6) is 0.881. The molecule has 0 aliphatic rings. The van der Waals surface area contributed by atoms with E-state index in [9.17, 15) is 0 Å². The third-order valence-electron chi connectivity index (χ3n) is 3.44. The van der Waals surface area contributed by atoms with Crippen LogP contribution in [0.1, 0.15) is 32.4 Å². The fraction of sp³-hybridized carbons (Fsp3) is 0.333. The van der Waals surface area contributed by atoms with Crippen molar-refractivity contribution in [1.29, 1.82) is 0 Å². The fourth-order valence-electron chi connectivity index (χ4n) is 2.23. The van der Waals surface area contributed by atoms with Gasteiger partial charge in [-0.2, -0.15) is 0 Å². The van der Waals surface area contributed by atoms with Gasteiger partial charge in [0.2, 0.25) is 0 Å². The van der Waals surface area contributed by atoms with Gasteiger partial charge in [0.25, 0.3) is 0 Å². The van der Waals surface area contributed by atoms with Gasteiger partial charge >= 0.3 is 0 Å². The summed E-state index contributed by atoms with van der Waals surface area (Å²) >= 11 is 6.41. The van der Waals surface area contributed by atoms with Crippen LogP contribution in [-0.2, 0) is 0 Å². The maximum absolute atomic E-state index is 6.41. The summed E-state index contributed by atoms with van der Waals surface area (Å²) in [6.07, 6.45) is 0.169. The molecule has 0 aromatic heterocycles. The van der Waals surface area contributed by atoms with Crippen molar-refractivity contribution in [3.8, 4) is 16.9 Å². The third-order valence-corrected chi connectivity index (χ3v) is 3.77. The van der Waals surface area contributed by atoms with Crippen LogP contribution in [0.25, 0.3) is 11.1 Å². The van der Waals surface area contributed by atoms with E-state index in [-0.39, 0.29) is 12.1 Å². The second-order valence-corrected chi connectivity index (χ2v) is 5.85. The van der Waals surface area contributed by atoms with Gasteiger partial charge in [-0.1, -0.05) is 35.9 Å². The zero-order chi connectivity index (χ0) is 15.4. The summed E-state index contributed by atoms with van der Waals surface area (Å²) in [6, 6.07) is 14.5. The van der Waals surface area contributed by atoms with Gasteiger partial charge in [0.15, 0.2) is 0 Å². The lowest BCUT2D eigenvalue weighted by Gasteiger charge is -2.14. The Morgan fingerprint density at radius 2 is 1.71 bits per heavy atom. The molecule has 2 aromatic rings. The largest absolute Gasteiger partial charge is 0.491 e. The van der Waals surface area contributed by atoms with Crippen LogP contribution in [-0.4, -0.2) is 13.2 Å². The van der Waals surface area contributed by atoms with Crippen LogP contribution in [0.5, 0.6) is 5.75 Å². The van der Waals surface area contributed by atoms with Crippen molar-refractivity contribution in [2.24, 2.45) is 0 Å². The highest BCUT2D eigenvalue weighted by Gasteiger charge is 2.09. The quantitative estimate of drug-likeness (QED) is 0.832. The number of rotatable bonds is 5. The minimum atomic E-state index is 0.169. The molecule has 1 atom stereocenters. The molecule has 1 unspecified atom stereocenters. The fourth-order valence-corrected chi connectivity index (χ4v) is 2.58. The molecule has 2 aromatic carbocycles. The normalized spacial score (nSPS) is 12.5. The Labute approximate surface area is 132 Å². The molecule has 112 valence electrons. The summed E-state index contributed by atoms with van der Waals surface area (Å²) in [5, 5.41) is 3.99. The Morgan fingerprint density at radius 1 is 1.00 bits per heavy atom. The predicted molar refractivity (Wildman–Crippen MR) is 90.1 cm³/mol. The first kappa shape index (κ1) is 15.9. The Kier molecular flexibility index (Phi) is 5.27. The Bertz CT molecular complexity index is 610. The first-order valence-electron chi connectivity index (χ1n) is 7.25. The summed E-state index contributed by atoms with van der Waals surface area (Å²) < 4.78 is 5.74. The molecular formula is C18H22ClNO. The lowest BCUT2D eigenvalue weighted by molar-refractivity contribution is 0.242. The number of ether oxygens (including phenoxy) is 1. The molecule has 0 amide bonds. The van der Waals surface area contributed by atoms with Crippen LogP contribution < -0.4 is 10.1 Å². The smallest absolute Gasteiger partial charge is 0.120 e. The van der Waals surface area contributed by atoms with Crippen LogP contribution in [0.3, 0.4) is 0 Å². The summed E-state index contributed by atoms with van der Waals surface area (Å²) in [7, 11) is 1.93. The molecule has 2 rings (SSSR count). The number of hydrogen-bond donors (Lipinski definition) is 1. The first-order valence-corrected chi connectivity index (χ1v) is 7.63. The molecule has 0 saturated carbocycles. The molecular weight excluding hydrogens is 282 g/mol. The van der Waals surface area contributed by atoms with Gasteiger partial charge in [-0.05, 0) is 62.7 Å². The average Bonchev–Trinajstić information content (AvgIpc) is 2.46. The summed E-state index contributed by atoms with van der Waals surface area (Å²) in [5.41, 5.74) is 3.32. The van der Waals surface area contributed by atoms with Crippen LogP contribution in [0.15, 0.2) is 42.5 Å². The zero-order valence-electron chi connectivity index (χ0n) is 13.0. The molecule has 0 spiro atoms. The maximum Gasteiger partial charge on any atom is 0.120 e. The molecule has 21 heavy (non-hydrogen) atoms. The molecule has 0 heterocycles. The molecule has 0 bridgehead atoms. The van der Waals surface area contributed by atoms with Crippen molar-refractivity contribution in [3.63, 3.8) is 0 Å². The molecule has 3 heteroatoms. The zero-order valence-corrected chi connectivity index (χ0v) is 13.7. The predicted octanol–water partition coefficient (Wildman–Crippen LogP) is 5.07. The summed E-state index contributed by atoms with van der Waals surface area (Å²) in [4.78, 5) is 0. The van der Waals surface area contributed by atoms with Crippen molar-refractivity contribution in [2.45, 2.75) is 32.9 Å². The topological polar surface area (TPSA) is 21.3 Å². The Hall–Kier alpha value is -1.51. The third kappa shape index (κ3) is 3.99. The van der Waals surface area contributed by atoms with Gasteiger partial charge in [-0.3, -0.25) is 0 Å². The van der Waals surface area contributed by atoms with Crippen molar-refractivity contribution >= 4 is 11.6 Å². The molecule has 0 radical (unpaired) electrons. The van der Waals surface area contributed by atoms with E-state index in [0.29, 0.717) is 0 Å². The van der Waals surface area contributed by atoms with E-state index in [1.165, 1.54) is 0 Å². The Balaban J connectivity index is 2.32. The Morgan fingerprint density at radius 3 is 2.33 bits per heavy atom. The SMILES string of the molecule is CNC(C)c1ccc(-c2cccc(OC(C)C)c2)cc1Cl. The highest BCUT2D eigenvalue weighted by atomic mass is 35.5. The van der Waals surface area contributed by atoms with Crippen LogP contribution >= 0.6 is 11.6 Å². The molecule has 0 aliphatic heterocycles. The number of nitrogens with one attached hydrogen (secondary N) is 1. The highest BCUT2D eigenvalue weighted by Crippen LogP contribution is 2.30. The van der Waals surface area contributed by atoms with E-state index in [2.05, 4.69) is 30.4 Å². The van der Waals surface area contributed by atoms with Gasteiger partial charge in [0.05, 0.1) is 6.10 Å². The molecule has 0 fully saturated rings. The van der Waals surface area contributed by atoms with E-state index >= 15 is 0 Å². The lowest BCUT2D eigenvalue weighted by atomic mass is 10.0. The van der Waals surface area contributed by atoms with Gasteiger partial charge in [0, 0.05) is 11.1 Å². The molecule has 0 saturated heterocycles. The summed E-state index contributed by atoms with van der Waals surface area (Å²) in [6.45, 7) is 6.15. The van der Waals surface area contributed by atoms with E-state index < -0.39 is 0 Å². The van der Waals surface area contributed by atoms with Gasteiger partial charge in [0.1, 0.15) is 5.75 Å². The van der Waals surface area contributed by atoms with E-state index in [0.717, 1.165) is 27.5 Å². The number of benzene rings is 2. The molecule has 0 aliphatic carbocycles. The second-order valence-electron chi connectivity index (χ2n) is 5.44. The van der Waals surface area contributed by atoms with E-state index in [1.54, 1.807) is 0 Å². The van der Waals surface area contributed by atoms with Crippen LogP contribution in [0, 0.1) is 0 Å². The van der Waals surface area contributed by atoms with Crippen molar-refractivity contribution < 1.29 is 4.74 Å². The van der Waals surface area contributed by atoms with Crippen molar-refractivity contribution in [2.75, 3.05) is 7.05 Å². The van der Waals surface area contributed by atoms with Crippen molar-refractivity contribution in [1.82, 2.24) is 5.32 Å². The van der Waals surface area contributed by atoms with Crippen molar-refractivity contribution in [3.05, 3.63) is 53.1 Å². The van der Waals surface area contributed by atoms with E-state index in [4.69, 9.17) is 16.3 Å². The monoisotopic (exact) mass is 303 g/mol. The van der Waals surface area contributed by atoms with Gasteiger partial charge in [-0.25, -0.2) is 0 Å². The van der Waals surface area contributed by atoms with Gasteiger partial charge in [-0.15, -0.1) is 0 Å². The molecule has 2 nitrogen and oxygen atoms in total. The highest BCUT2D eigenvalue weighted by molar-refractivity contribution is 6.31. The number of halogens is 1. The second kappa shape index (κ2) is 6.97. The maximum atomic E-state index is 6.41.